The largest absolute Gasteiger partial charge is 0.421 e. The van der Waals surface area contributed by atoms with E-state index in [0.717, 1.165) is 5.56 Å². The van der Waals surface area contributed by atoms with Crippen molar-refractivity contribution in [2.24, 2.45) is 0 Å². The lowest BCUT2D eigenvalue weighted by atomic mass is 10.2. The summed E-state index contributed by atoms with van der Waals surface area (Å²) in [6, 6.07) is 6.67. The Morgan fingerprint density at radius 3 is 1.86 bits per heavy atom. The van der Waals surface area contributed by atoms with E-state index < -0.39 is 20.4 Å². The highest BCUT2D eigenvalue weighted by Gasteiger charge is 2.44. The van der Waals surface area contributed by atoms with Gasteiger partial charge in [0.25, 0.3) is 0 Å². The summed E-state index contributed by atoms with van der Waals surface area (Å²) in [4.78, 5) is 11.9. The van der Waals surface area contributed by atoms with Crippen LogP contribution in [0.4, 0.5) is 0 Å². The van der Waals surface area contributed by atoms with Gasteiger partial charge in [-0.15, -0.1) is 8.42 Å². The monoisotopic (exact) mass is 347 g/mol. The number of carbonyl (C=O) groups excluding carboxylic acids is 1. The molecule has 4 nitrogen and oxygen atoms in total. The lowest BCUT2D eigenvalue weighted by Gasteiger charge is -2.40. The molecule has 1 aromatic carbocycles. The Hall–Kier alpha value is -0.850. The van der Waals surface area contributed by atoms with Gasteiger partial charge in [0.05, 0.1) is 5.75 Å². The number of benzene rings is 1. The summed E-state index contributed by atoms with van der Waals surface area (Å²) in [5.74, 6) is 0.202. The van der Waals surface area contributed by atoms with Crippen LogP contribution in [0.1, 0.15) is 40.2 Å². The average Bonchev–Trinajstić information content (AvgIpc) is 2.36. The summed E-state index contributed by atoms with van der Waals surface area (Å²) in [7, 11) is -5.72. The van der Waals surface area contributed by atoms with Gasteiger partial charge in [0, 0.05) is 10.5 Å². The van der Waals surface area contributed by atoms with E-state index in [-0.39, 0.29) is 26.9 Å². The molecule has 0 fully saturated rings. The van der Waals surface area contributed by atoms with Gasteiger partial charge in [-0.05, 0) is 64.0 Å². The van der Waals surface area contributed by atoms with Crippen molar-refractivity contribution >= 4 is 26.2 Å². The molecule has 0 bridgehead atoms. The summed E-state index contributed by atoms with van der Waals surface area (Å²) >= 11 is 0. The lowest BCUT2D eigenvalue weighted by Crippen LogP contribution is -2.34. The van der Waals surface area contributed by atoms with Gasteiger partial charge in [0.15, 0.2) is 0 Å². The minimum atomic E-state index is -3.76. The van der Waals surface area contributed by atoms with Crippen molar-refractivity contribution in [2.75, 3.05) is 5.75 Å². The molecule has 0 aliphatic rings. The molecule has 6 heteroatoms. The van der Waals surface area contributed by atoms with Crippen molar-refractivity contribution in [3.05, 3.63) is 29.8 Å². The van der Waals surface area contributed by atoms with Gasteiger partial charge in [-0.1, -0.05) is 17.7 Å². The summed E-state index contributed by atoms with van der Waals surface area (Å²) < 4.78 is 29.7. The summed E-state index contributed by atoms with van der Waals surface area (Å²) in [5.41, 5.74) is 0.994. The molecular weight excluding hydrogens is 320 g/mol. The van der Waals surface area contributed by atoms with Gasteiger partial charge >= 0.3 is 10.1 Å². The molecule has 1 N–H and O–H groups in total. The van der Waals surface area contributed by atoms with Crippen molar-refractivity contribution < 1.29 is 16.8 Å². The van der Waals surface area contributed by atoms with E-state index in [1.165, 1.54) is 6.92 Å². The number of rotatable bonds is 7. The van der Waals surface area contributed by atoms with Crippen molar-refractivity contribution in [3.63, 3.8) is 0 Å². The smallest absolute Gasteiger partial charge is 0.299 e. The zero-order chi connectivity index (χ0) is 17.1. The predicted octanol–water partition coefficient (Wildman–Crippen LogP) is 3.90. The molecule has 0 radical (unpaired) electrons. The lowest BCUT2D eigenvalue weighted by molar-refractivity contribution is -0.114. The molecule has 1 aromatic rings. The third-order valence-corrected chi connectivity index (χ3v) is 10.5. The highest BCUT2D eigenvalue weighted by molar-refractivity contribution is 8.33. The fraction of sp³-hybridized carbons (Fsp3) is 0.562. The molecule has 0 unspecified atom stereocenters. The van der Waals surface area contributed by atoms with Gasteiger partial charge in [-0.3, -0.25) is 8.42 Å². The van der Waals surface area contributed by atoms with Crippen molar-refractivity contribution in [1.82, 2.24) is 0 Å². The minimum absolute atomic E-state index is 0.0137. The van der Waals surface area contributed by atoms with Gasteiger partial charge in [-0.25, -0.2) is 0 Å². The van der Waals surface area contributed by atoms with Crippen LogP contribution in [-0.2, 0) is 14.9 Å². The first-order valence-corrected chi connectivity index (χ1v) is 10.7. The van der Waals surface area contributed by atoms with Crippen LogP contribution in [0.2, 0.25) is 0 Å². The zero-order valence-corrected chi connectivity index (χ0v) is 15.8. The average molecular weight is 348 g/mol. The maximum absolute atomic E-state index is 12.7. The van der Waals surface area contributed by atoms with Gasteiger partial charge in [-0.2, -0.15) is 0 Å². The second kappa shape index (κ2) is 7.15. The van der Waals surface area contributed by atoms with Gasteiger partial charge in [0.1, 0.15) is 10.7 Å². The van der Waals surface area contributed by atoms with E-state index in [1.54, 1.807) is 24.3 Å². The fourth-order valence-electron chi connectivity index (χ4n) is 2.34. The number of hydrogen-bond donors (Lipinski definition) is 0. The Labute approximate surface area is 135 Å². The van der Waals surface area contributed by atoms with Crippen LogP contribution in [0, 0.1) is 6.92 Å². The SMILES string of the molecule is CC(=O)CS([OH+]S(=O)(=O)c1ccc(C)cc1)(C(C)C)C(C)C. The second-order valence-corrected chi connectivity index (χ2v) is 11.9. The van der Waals surface area contributed by atoms with E-state index in [1.807, 2.05) is 34.6 Å². The Morgan fingerprint density at radius 2 is 1.50 bits per heavy atom. The zero-order valence-electron chi connectivity index (χ0n) is 14.2. The van der Waals surface area contributed by atoms with Crippen LogP contribution in [0.5, 0.6) is 0 Å². The summed E-state index contributed by atoms with van der Waals surface area (Å²) in [6.45, 7) is 11.2. The van der Waals surface area contributed by atoms with Gasteiger partial charge in [0.2, 0.25) is 0 Å². The van der Waals surface area contributed by atoms with E-state index in [2.05, 4.69) is 3.63 Å². The number of ketones is 1. The number of carbonyl (C=O) groups is 1. The standard InChI is InChI=1S/C16H26O4S2/c1-12(2)21(13(3)4,11-15(6)17)20-22(18,19)16-9-7-14(5)8-10-16/h7-10,12-13H,11H2,1-6H3/p+1. The third kappa shape index (κ3) is 4.33. The van der Waals surface area contributed by atoms with Crippen molar-refractivity contribution in [3.8, 4) is 0 Å². The van der Waals surface area contributed by atoms with Crippen LogP contribution in [0.3, 0.4) is 0 Å². The highest BCUT2D eigenvalue weighted by Crippen LogP contribution is 2.57. The van der Waals surface area contributed by atoms with E-state index in [9.17, 15) is 13.2 Å². The molecule has 0 amide bonds. The van der Waals surface area contributed by atoms with Crippen LogP contribution >= 0.6 is 10.3 Å². The minimum Gasteiger partial charge on any atom is -0.299 e. The molecule has 1 rings (SSSR count). The highest BCUT2D eigenvalue weighted by atomic mass is 32.3. The number of hydrogen-bond acceptors (Lipinski definition) is 3. The maximum Gasteiger partial charge on any atom is 0.421 e. The molecule has 126 valence electrons. The Bertz CT molecular complexity index is 608. The molecule has 0 saturated carbocycles. The van der Waals surface area contributed by atoms with Crippen LogP contribution < -0.4 is 0 Å². The Kier molecular flexibility index (Phi) is 6.24. The fourth-order valence-corrected chi connectivity index (χ4v) is 8.62. The predicted molar refractivity (Wildman–Crippen MR) is 94.4 cm³/mol. The Balaban J connectivity index is 3.28. The molecule has 0 atom stereocenters. The van der Waals surface area contributed by atoms with Crippen LogP contribution in [0.15, 0.2) is 29.2 Å². The quantitative estimate of drug-likeness (QED) is 0.555. The third-order valence-electron chi connectivity index (χ3n) is 3.62. The van der Waals surface area contributed by atoms with Crippen LogP contribution in [-0.4, -0.2) is 34.1 Å². The molecule has 0 aromatic heterocycles. The first kappa shape index (κ1) is 19.2. The molecular formula is C16H27O4S2+. The maximum atomic E-state index is 12.7. The van der Waals surface area contributed by atoms with Crippen LogP contribution in [0.25, 0.3) is 0 Å². The first-order chi connectivity index (χ1) is 10.0. The van der Waals surface area contributed by atoms with Gasteiger partial charge < -0.3 is 0 Å². The number of aryl methyl sites for hydroxylation is 1. The molecule has 0 saturated heterocycles. The molecule has 0 heterocycles. The van der Waals surface area contributed by atoms with Crippen molar-refractivity contribution in [2.45, 2.75) is 56.9 Å². The second-order valence-electron chi connectivity index (χ2n) is 6.12. The summed E-state index contributed by atoms with van der Waals surface area (Å²) in [6.07, 6.45) is 0. The van der Waals surface area contributed by atoms with E-state index in [4.69, 9.17) is 0 Å². The topological polar surface area (TPSA) is 64.0 Å². The Morgan fingerprint density at radius 1 is 1.05 bits per heavy atom. The van der Waals surface area contributed by atoms with E-state index in [0.29, 0.717) is 0 Å². The normalized spacial score (nSPS) is 13.6. The van der Waals surface area contributed by atoms with Crippen molar-refractivity contribution in [1.29, 1.82) is 0 Å². The molecule has 22 heavy (non-hydrogen) atoms. The molecule has 0 aliphatic heterocycles. The van der Waals surface area contributed by atoms with E-state index >= 15 is 0 Å². The molecule has 0 spiro atoms. The molecule has 0 aliphatic carbocycles. The summed E-state index contributed by atoms with van der Waals surface area (Å²) in [5, 5.41) is 0.0493. The first-order valence-electron chi connectivity index (χ1n) is 7.35. The number of Topliss-reactive ketones (excluding diaryl/α,β-unsaturated/α-hetero) is 1.